The number of anilines is 1. The Labute approximate surface area is 148 Å². The second kappa shape index (κ2) is 8.57. The molecular formula is C16H24ClN3O2S. The number of nitrogens with zero attached hydrogens (tertiary/aromatic N) is 1. The van der Waals surface area contributed by atoms with Crippen LogP contribution in [-0.4, -0.2) is 50.9 Å². The molecule has 1 fully saturated rings. The third-order valence-electron chi connectivity index (χ3n) is 4.00. The van der Waals surface area contributed by atoms with E-state index in [1.807, 2.05) is 0 Å². The summed E-state index contributed by atoms with van der Waals surface area (Å²) in [5, 5.41) is 7.52. The molecule has 0 unspecified atom stereocenters. The molecule has 0 bridgehead atoms. The van der Waals surface area contributed by atoms with Gasteiger partial charge < -0.3 is 25.0 Å². The van der Waals surface area contributed by atoms with Gasteiger partial charge in [0.15, 0.2) is 5.11 Å². The molecule has 1 aromatic carbocycles. The quantitative estimate of drug-likeness (QED) is 0.790. The van der Waals surface area contributed by atoms with Crippen LogP contribution in [-0.2, 0) is 0 Å². The summed E-state index contributed by atoms with van der Waals surface area (Å²) in [5.74, 6) is 1.82. The lowest BCUT2D eigenvalue weighted by molar-refractivity contribution is 0.211. The van der Waals surface area contributed by atoms with Crippen LogP contribution in [0.15, 0.2) is 12.1 Å². The molecule has 0 amide bonds. The maximum Gasteiger partial charge on any atom is 0.170 e. The third kappa shape index (κ3) is 5.12. The second-order valence-electron chi connectivity index (χ2n) is 5.79. The van der Waals surface area contributed by atoms with Gasteiger partial charge >= 0.3 is 0 Å². The molecule has 1 heterocycles. The van der Waals surface area contributed by atoms with Crippen molar-refractivity contribution in [3.05, 3.63) is 17.2 Å². The van der Waals surface area contributed by atoms with Gasteiger partial charge in [-0.25, -0.2) is 0 Å². The van der Waals surface area contributed by atoms with E-state index in [0.29, 0.717) is 27.6 Å². The van der Waals surface area contributed by atoms with Crippen LogP contribution in [0.25, 0.3) is 0 Å². The summed E-state index contributed by atoms with van der Waals surface area (Å²) in [7, 11) is 5.33. The van der Waals surface area contributed by atoms with Gasteiger partial charge in [-0.15, -0.1) is 0 Å². The van der Waals surface area contributed by atoms with Gasteiger partial charge in [-0.05, 0) is 44.6 Å². The zero-order valence-corrected chi connectivity index (χ0v) is 15.4. The van der Waals surface area contributed by atoms with Crippen LogP contribution in [0.5, 0.6) is 11.5 Å². The fourth-order valence-corrected chi connectivity index (χ4v) is 3.23. The van der Waals surface area contributed by atoms with Gasteiger partial charge in [0.2, 0.25) is 0 Å². The second-order valence-corrected chi connectivity index (χ2v) is 6.61. The molecule has 1 aromatic rings. The van der Waals surface area contributed by atoms with Crippen LogP contribution in [0, 0.1) is 5.92 Å². The number of rotatable bonds is 5. The molecule has 1 aliphatic rings. The molecule has 7 heteroatoms. The van der Waals surface area contributed by atoms with Gasteiger partial charge in [0.05, 0.1) is 24.9 Å². The van der Waals surface area contributed by atoms with Gasteiger partial charge in [-0.3, -0.25) is 0 Å². The minimum absolute atomic E-state index is 0.499. The van der Waals surface area contributed by atoms with Crippen molar-refractivity contribution < 1.29 is 9.47 Å². The van der Waals surface area contributed by atoms with Crippen molar-refractivity contribution in [3.63, 3.8) is 0 Å². The normalized spacial score (nSPS) is 18.3. The largest absolute Gasteiger partial charge is 0.495 e. The summed E-state index contributed by atoms with van der Waals surface area (Å²) in [5.41, 5.74) is 0.729. The molecular weight excluding hydrogens is 334 g/mol. The number of methoxy groups -OCH3 is 2. The number of thiocarbonyl (C=S) groups is 1. The van der Waals surface area contributed by atoms with Crippen LogP contribution in [0.2, 0.25) is 5.02 Å². The molecule has 1 atom stereocenters. The Kier molecular flexibility index (Phi) is 6.74. The fraction of sp³-hybridized carbons (Fsp3) is 0.562. The monoisotopic (exact) mass is 357 g/mol. The highest BCUT2D eigenvalue weighted by molar-refractivity contribution is 7.80. The first-order valence-corrected chi connectivity index (χ1v) is 8.47. The minimum Gasteiger partial charge on any atom is -0.495 e. The lowest BCUT2D eigenvalue weighted by Gasteiger charge is -2.30. The maximum atomic E-state index is 6.11. The molecule has 2 N–H and O–H groups in total. The average Bonchev–Trinajstić information content (AvgIpc) is 2.54. The van der Waals surface area contributed by atoms with E-state index in [2.05, 4.69) is 22.6 Å². The zero-order valence-electron chi connectivity index (χ0n) is 13.8. The molecule has 0 saturated carbocycles. The fourth-order valence-electron chi connectivity index (χ4n) is 2.80. The first-order chi connectivity index (χ1) is 11.0. The van der Waals surface area contributed by atoms with E-state index in [1.54, 1.807) is 26.4 Å². The number of ether oxygens (including phenoxy) is 2. The average molecular weight is 358 g/mol. The molecule has 23 heavy (non-hydrogen) atoms. The molecule has 5 nitrogen and oxygen atoms in total. The summed E-state index contributed by atoms with van der Waals surface area (Å²) < 4.78 is 10.6. The SMILES string of the molecule is COc1cc(NC(=S)NC[C@@H]2CCCN(C)C2)c(OC)cc1Cl. The van der Waals surface area contributed by atoms with Crippen molar-refractivity contribution in [2.75, 3.05) is 46.2 Å². The number of benzene rings is 1. The van der Waals surface area contributed by atoms with Gasteiger partial charge in [-0.1, -0.05) is 11.6 Å². The topological polar surface area (TPSA) is 45.8 Å². The molecule has 0 radical (unpaired) electrons. The predicted molar refractivity (Wildman–Crippen MR) is 99.0 cm³/mol. The van der Waals surface area contributed by atoms with Crippen LogP contribution in [0.3, 0.4) is 0 Å². The molecule has 0 spiro atoms. The predicted octanol–water partition coefficient (Wildman–Crippen LogP) is 2.99. The van der Waals surface area contributed by atoms with Gasteiger partial charge in [0.25, 0.3) is 0 Å². The van der Waals surface area contributed by atoms with Crippen molar-refractivity contribution in [2.24, 2.45) is 5.92 Å². The Bertz CT molecular complexity index is 556. The van der Waals surface area contributed by atoms with Crippen molar-refractivity contribution >= 4 is 34.6 Å². The van der Waals surface area contributed by atoms with E-state index in [4.69, 9.17) is 33.3 Å². The number of hydrogen-bond acceptors (Lipinski definition) is 4. The number of halogens is 1. The smallest absolute Gasteiger partial charge is 0.170 e. The molecule has 1 aliphatic heterocycles. The Hall–Kier alpha value is -1.24. The third-order valence-corrected chi connectivity index (χ3v) is 4.54. The van der Waals surface area contributed by atoms with E-state index in [-0.39, 0.29) is 0 Å². The van der Waals surface area contributed by atoms with Crippen LogP contribution in [0.1, 0.15) is 12.8 Å². The number of piperidine rings is 1. The lowest BCUT2D eigenvalue weighted by atomic mass is 9.99. The van der Waals surface area contributed by atoms with Gasteiger partial charge in [-0.2, -0.15) is 0 Å². The van der Waals surface area contributed by atoms with Crippen molar-refractivity contribution in [2.45, 2.75) is 12.8 Å². The summed E-state index contributed by atoms with van der Waals surface area (Å²) in [6, 6.07) is 3.49. The van der Waals surface area contributed by atoms with Gasteiger partial charge in [0.1, 0.15) is 11.5 Å². The van der Waals surface area contributed by atoms with Crippen molar-refractivity contribution in [3.8, 4) is 11.5 Å². The van der Waals surface area contributed by atoms with E-state index < -0.39 is 0 Å². The van der Waals surface area contributed by atoms with E-state index >= 15 is 0 Å². The van der Waals surface area contributed by atoms with Gasteiger partial charge in [0, 0.05) is 25.2 Å². The first-order valence-electron chi connectivity index (χ1n) is 7.68. The highest BCUT2D eigenvalue weighted by Crippen LogP contribution is 2.35. The first kappa shape index (κ1) is 18.1. The Morgan fingerprint density at radius 1 is 1.35 bits per heavy atom. The highest BCUT2D eigenvalue weighted by atomic mass is 35.5. The lowest BCUT2D eigenvalue weighted by Crippen LogP contribution is -2.40. The number of hydrogen-bond donors (Lipinski definition) is 2. The summed E-state index contributed by atoms with van der Waals surface area (Å²) in [6.07, 6.45) is 2.48. The van der Waals surface area contributed by atoms with Crippen LogP contribution < -0.4 is 20.1 Å². The Morgan fingerprint density at radius 2 is 2.09 bits per heavy atom. The Morgan fingerprint density at radius 3 is 2.74 bits per heavy atom. The zero-order chi connectivity index (χ0) is 16.8. The summed E-state index contributed by atoms with van der Waals surface area (Å²) in [6.45, 7) is 3.15. The molecule has 0 aliphatic carbocycles. The summed E-state index contributed by atoms with van der Waals surface area (Å²) >= 11 is 11.5. The van der Waals surface area contributed by atoms with E-state index in [9.17, 15) is 0 Å². The maximum absolute atomic E-state index is 6.11. The van der Waals surface area contributed by atoms with Crippen LogP contribution >= 0.6 is 23.8 Å². The van der Waals surface area contributed by atoms with Crippen molar-refractivity contribution in [1.29, 1.82) is 0 Å². The summed E-state index contributed by atoms with van der Waals surface area (Å²) in [4.78, 5) is 2.36. The molecule has 0 aromatic heterocycles. The highest BCUT2D eigenvalue weighted by Gasteiger charge is 2.17. The Balaban J connectivity index is 1.94. The standard InChI is InChI=1S/C16H24ClN3O2S/c1-20-6-4-5-11(10-20)9-18-16(23)19-13-8-14(21-2)12(17)7-15(13)22-3/h7-8,11H,4-6,9-10H2,1-3H3,(H2,18,19,23)/t11-/m0/s1. The van der Waals surface area contributed by atoms with E-state index in [1.165, 1.54) is 19.4 Å². The molecule has 1 saturated heterocycles. The van der Waals surface area contributed by atoms with Crippen molar-refractivity contribution in [1.82, 2.24) is 10.2 Å². The molecule has 2 rings (SSSR count). The van der Waals surface area contributed by atoms with E-state index in [0.717, 1.165) is 18.8 Å². The number of nitrogens with one attached hydrogen (secondary N) is 2. The van der Waals surface area contributed by atoms with Crippen LogP contribution in [0.4, 0.5) is 5.69 Å². The minimum atomic E-state index is 0.499. The number of likely N-dealkylation sites (tertiary alicyclic amines) is 1. The molecule has 128 valence electrons.